The lowest BCUT2D eigenvalue weighted by atomic mass is 9.84. The van der Waals surface area contributed by atoms with Crippen molar-refractivity contribution in [1.82, 2.24) is 5.32 Å². The largest absolute Gasteiger partial charge is 0.511 e. The molecule has 1 unspecified atom stereocenters. The normalized spacial score (nSPS) is 24.7. The van der Waals surface area contributed by atoms with E-state index in [4.69, 9.17) is 19.7 Å². The standard InChI is InChI=1S/C39H48N4O4/c1-11-23-28-16-29-26(17-39(7,8)9)18(2)27(40-29)15-30-33(22(6)44)20(4)36(42-30)21(5)35-19(3)24(12-13-32(46)47-10)37(43-35)25-14-31(45)34(23)38(25)41-28/h15-16,19,22,24,43-45H,11-14,17H2,1-10H3/t19-,22?,24-/m0/s1. The number of allylic oxidation sites excluding steroid dienone is 11. The minimum atomic E-state index is -0.716. The van der Waals surface area contributed by atoms with Crippen molar-refractivity contribution in [2.75, 3.05) is 7.11 Å². The highest BCUT2D eigenvalue weighted by Crippen LogP contribution is 2.48. The molecule has 1 aliphatic carbocycles. The number of esters is 1. The second-order valence-corrected chi connectivity index (χ2v) is 14.8. The molecular weight excluding hydrogens is 588 g/mol. The summed E-state index contributed by atoms with van der Waals surface area (Å²) in [6.07, 6.45) is 6.19. The van der Waals surface area contributed by atoms with Crippen molar-refractivity contribution >= 4 is 23.1 Å². The highest BCUT2D eigenvalue weighted by molar-refractivity contribution is 6.21. The molecule has 6 aliphatic rings. The van der Waals surface area contributed by atoms with Crippen LogP contribution in [0.15, 0.2) is 106 Å². The SMILES string of the molecule is CCC1=C2C=C3N=C(C=C4N=C(C(C)=C4C(C)O)C(C)=C4NC(=C5CC(O)=C1C5=N2)[C@@H](CCC(=O)OC)[C@@H]4C)C(C)=C3CC(C)(C)C. The van der Waals surface area contributed by atoms with E-state index in [1.165, 1.54) is 12.7 Å². The molecule has 8 bridgehead atoms. The van der Waals surface area contributed by atoms with Crippen molar-refractivity contribution in [2.45, 2.75) is 101 Å². The number of nitrogens with zero attached hydrogens (tertiary/aromatic N) is 3. The Bertz CT molecular complexity index is 1840. The van der Waals surface area contributed by atoms with Crippen LogP contribution in [0.5, 0.6) is 0 Å². The number of fused-ring (bicyclic) bond motifs is 5. The van der Waals surface area contributed by atoms with E-state index in [1.54, 1.807) is 6.92 Å². The van der Waals surface area contributed by atoms with Crippen molar-refractivity contribution in [2.24, 2.45) is 32.2 Å². The van der Waals surface area contributed by atoms with Gasteiger partial charge in [0.25, 0.3) is 0 Å². The lowest BCUT2D eigenvalue weighted by molar-refractivity contribution is -0.140. The van der Waals surface area contributed by atoms with Crippen LogP contribution in [0.2, 0.25) is 0 Å². The van der Waals surface area contributed by atoms with E-state index < -0.39 is 6.10 Å². The molecule has 5 heterocycles. The molecule has 0 radical (unpaired) electrons. The fraction of sp³-hybridized carbons (Fsp3) is 0.487. The number of carbonyl (C=O) groups excluding carboxylic acids is 1. The molecule has 0 saturated carbocycles. The van der Waals surface area contributed by atoms with Gasteiger partial charge in [0, 0.05) is 52.8 Å². The third-order valence-corrected chi connectivity index (χ3v) is 10.3. The Labute approximate surface area is 278 Å². The van der Waals surface area contributed by atoms with Gasteiger partial charge in [-0.25, -0.2) is 15.0 Å². The average molecular weight is 637 g/mol. The van der Waals surface area contributed by atoms with Crippen LogP contribution in [-0.4, -0.2) is 46.5 Å². The highest BCUT2D eigenvalue weighted by Gasteiger charge is 2.42. The van der Waals surface area contributed by atoms with E-state index >= 15 is 0 Å². The number of aliphatic hydroxyl groups excluding tert-OH is 2. The van der Waals surface area contributed by atoms with Gasteiger partial charge in [0.2, 0.25) is 0 Å². The van der Waals surface area contributed by atoms with Crippen LogP contribution in [0.3, 0.4) is 0 Å². The van der Waals surface area contributed by atoms with E-state index in [1.807, 2.05) is 13.0 Å². The van der Waals surface area contributed by atoms with E-state index in [9.17, 15) is 15.0 Å². The monoisotopic (exact) mass is 636 g/mol. The van der Waals surface area contributed by atoms with Crippen LogP contribution >= 0.6 is 0 Å². The number of aliphatic imine (C=N–C) groups is 3. The Kier molecular flexibility index (Phi) is 8.32. The van der Waals surface area contributed by atoms with Crippen LogP contribution < -0.4 is 5.32 Å². The van der Waals surface area contributed by atoms with Gasteiger partial charge in [0.15, 0.2) is 0 Å². The van der Waals surface area contributed by atoms with Crippen LogP contribution in [-0.2, 0) is 9.53 Å². The van der Waals surface area contributed by atoms with Gasteiger partial charge in [0.05, 0.1) is 47.4 Å². The second kappa shape index (κ2) is 11.9. The molecule has 0 spiro atoms. The van der Waals surface area contributed by atoms with Crippen molar-refractivity contribution in [1.29, 1.82) is 0 Å². The van der Waals surface area contributed by atoms with E-state index in [0.29, 0.717) is 25.0 Å². The summed E-state index contributed by atoms with van der Waals surface area (Å²) >= 11 is 0. The molecular formula is C39H48N4O4. The van der Waals surface area contributed by atoms with Crippen LogP contribution in [0.25, 0.3) is 0 Å². The number of ether oxygens (including phenoxy) is 1. The number of methoxy groups -OCH3 is 1. The summed E-state index contributed by atoms with van der Waals surface area (Å²) in [6, 6.07) is 0. The number of aliphatic hydroxyl groups is 2. The van der Waals surface area contributed by atoms with Crippen molar-refractivity contribution in [3.05, 3.63) is 91.0 Å². The fourth-order valence-corrected chi connectivity index (χ4v) is 8.01. The summed E-state index contributed by atoms with van der Waals surface area (Å²) in [5, 5.41) is 26.3. The van der Waals surface area contributed by atoms with E-state index in [-0.39, 0.29) is 29.6 Å². The molecule has 1 saturated heterocycles. The predicted octanol–water partition coefficient (Wildman–Crippen LogP) is 7.80. The molecule has 8 nitrogen and oxygen atoms in total. The molecule has 3 N–H and O–H groups in total. The minimum Gasteiger partial charge on any atom is -0.511 e. The Balaban J connectivity index is 1.65. The number of rotatable bonds is 6. The smallest absolute Gasteiger partial charge is 0.305 e. The number of carbonyl (C=O) groups is 1. The summed E-state index contributed by atoms with van der Waals surface area (Å²) in [7, 11) is 1.42. The molecule has 0 aromatic heterocycles. The maximum Gasteiger partial charge on any atom is 0.305 e. The molecule has 5 aliphatic heterocycles. The Morgan fingerprint density at radius 1 is 1.02 bits per heavy atom. The summed E-state index contributed by atoms with van der Waals surface area (Å²) in [5.74, 6) is 0.106. The zero-order valence-corrected chi connectivity index (χ0v) is 29.5. The first-order valence-electron chi connectivity index (χ1n) is 16.9. The summed E-state index contributed by atoms with van der Waals surface area (Å²) in [4.78, 5) is 28.0. The fourth-order valence-electron chi connectivity index (χ4n) is 8.01. The quantitative estimate of drug-likeness (QED) is 0.257. The Morgan fingerprint density at radius 2 is 1.74 bits per heavy atom. The zero-order chi connectivity index (χ0) is 34.1. The van der Waals surface area contributed by atoms with Gasteiger partial charge < -0.3 is 20.3 Å². The van der Waals surface area contributed by atoms with E-state index in [2.05, 4.69) is 59.9 Å². The maximum absolute atomic E-state index is 12.4. The molecule has 3 atom stereocenters. The third-order valence-electron chi connectivity index (χ3n) is 10.3. The van der Waals surface area contributed by atoms with Gasteiger partial charge in [0.1, 0.15) is 5.76 Å². The second-order valence-electron chi connectivity index (χ2n) is 14.8. The lowest BCUT2D eigenvalue weighted by Crippen LogP contribution is -2.16. The summed E-state index contributed by atoms with van der Waals surface area (Å²) in [5.41, 5.74) is 14.8. The Morgan fingerprint density at radius 3 is 2.38 bits per heavy atom. The highest BCUT2D eigenvalue weighted by atomic mass is 16.5. The van der Waals surface area contributed by atoms with Crippen molar-refractivity contribution in [3.63, 3.8) is 0 Å². The van der Waals surface area contributed by atoms with Gasteiger partial charge >= 0.3 is 5.97 Å². The third kappa shape index (κ3) is 5.54. The molecule has 0 aromatic carbocycles. The molecule has 6 rings (SSSR count). The van der Waals surface area contributed by atoms with E-state index in [0.717, 1.165) is 91.1 Å². The number of nitrogens with one attached hydrogen (secondary N) is 1. The van der Waals surface area contributed by atoms with Crippen LogP contribution in [0.1, 0.15) is 94.4 Å². The lowest BCUT2D eigenvalue weighted by Gasteiger charge is -2.20. The van der Waals surface area contributed by atoms with Gasteiger partial charge in [-0.2, -0.15) is 0 Å². The van der Waals surface area contributed by atoms with Crippen LogP contribution in [0, 0.1) is 17.3 Å². The van der Waals surface area contributed by atoms with Crippen molar-refractivity contribution < 1.29 is 19.7 Å². The predicted molar refractivity (Wildman–Crippen MR) is 188 cm³/mol. The Hall–Kier alpha value is -4.04. The average Bonchev–Trinajstić information content (AvgIpc) is 3.76. The number of hydrogen-bond donors (Lipinski definition) is 3. The summed E-state index contributed by atoms with van der Waals surface area (Å²) < 4.78 is 5.02. The molecule has 0 amide bonds. The van der Waals surface area contributed by atoms with Gasteiger partial charge in [-0.3, -0.25) is 4.79 Å². The first-order valence-corrected chi connectivity index (χ1v) is 16.9. The molecule has 1 fully saturated rings. The first kappa shape index (κ1) is 32.9. The van der Waals surface area contributed by atoms with Gasteiger partial charge in [-0.1, -0.05) is 34.6 Å². The molecule has 0 aromatic rings. The topological polar surface area (TPSA) is 116 Å². The van der Waals surface area contributed by atoms with Gasteiger partial charge in [-0.15, -0.1) is 0 Å². The van der Waals surface area contributed by atoms with Crippen molar-refractivity contribution in [3.8, 4) is 0 Å². The van der Waals surface area contributed by atoms with Gasteiger partial charge in [-0.05, 0) is 92.4 Å². The minimum absolute atomic E-state index is 0.0184. The van der Waals surface area contributed by atoms with Crippen LogP contribution in [0.4, 0.5) is 0 Å². The summed E-state index contributed by atoms with van der Waals surface area (Å²) in [6.45, 7) is 19.0. The molecule has 47 heavy (non-hydrogen) atoms. The first-order chi connectivity index (χ1) is 22.1. The molecule has 8 heteroatoms. The maximum atomic E-state index is 12.4. The molecule has 248 valence electrons. The number of hydrogen-bond acceptors (Lipinski definition) is 8. The zero-order valence-electron chi connectivity index (χ0n) is 29.5.